The first-order valence-electron chi connectivity index (χ1n) is 10.6. The summed E-state index contributed by atoms with van der Waals surface area (Å²) >= 11 is 0. The number of aromatic nitrogens is 3. The first-order valence-corrected chi connectivity index (χ1v) is 10.6. The van der Waals surface area contributed by atoms with E-state index in [1.165, 1.54) is 0 Å². The predicted molar refractivity (Wildman–Crippen MR) is 127 cm³/mol. The van der Waals surface area contributed by atoms with Crippen molar-refractivity contribution in [3.63, 3.8) is 0 Å². The number of fused-ring (bicyclic) bond motifs is 4. The molecule has 0 spiro atoms. The van der Waals surface area contributed by atoms with Gasteiger partial charge in [0, 0.05) is 16.8 Å². The first-order chi connectivity index (χ1) is 16.1. The Labute approximate surface area is 189 Å². The molecule has 158 valence electrons. The predicted octanol–water partition coefficient (Wildman–Crippen LogP) is 5.25. The highest BCUT2D eigenvalue weighted by molar-refractivity contribution is 6.33. The van der Waals surface area contributed by atoms with Crippen LogP contribution in [-0.2, 0) is 0 Å². The molecule has 0 fully saturated rings. The van der Waals surface area contributed by atoms with Crippen molar-refractivity contribution in [2.75, 3.05) is 5.32 Å². The molecule has 6 rings (SSSR count). The van der Waals surface area contributed by atoms with E-state index >= 15 is 0 Å². The number of nitrogens with zero attached hydrogens (tertiary/aromatic N) is 3. The maximum Gasteiger partial charge on any atom is 0.196 e. The number of aryl methyl sites for hydroxylation is 1. The Morgan fingerprint density at radius 3 is 2.09 bits per heavy atom. The number of ketones is 2. The number of carbonyl (C=O) groups excluding carboxylic acids is 2. The van der Waals surface area contributed by atoms with Crippen LogP contribution in [0.5, 0.6) is 0 Å². The zero-order valence-electron chi connectivity index (χ0n) is 17.7. The number of rotatable bonds is 3. The van der Waals surface area contributed by atoms with Gasteiger partial charge in [0.15, 0.2) is 11.6 Å². The second-order valence-corrected chi connectivity index (χ2v) is 8.07. The van der Waals surface area contributed by atoms with Gasteiger partial charge >= 0.3 is 0 Å². The second kappa shape index (κ2) is 7.24. The number of nitrogens with one attached hydrogen (secondary N) is 1. The topological polar surface area (TPSA) is 76.9 Å². The van der Waals surface area contributed by atoms with Crippen molar-refractivity contribution in [2.45, 2.75) is 6.92 Å². The molecule has 1 N–H and O–H groups in total. The molecule has 6 heteroatoms. The summed E-state index contributed by atoms with van der Waals surface area (Å²) in [5.41, 5.74) is 5.77. The van der Waals surface area contributed by atoms with Gasteiger partial charge in [0.2, 0.25) is 0 Å². The highest BCUT2D eigenvalue weighted by Gasteiger charge is 2.35. The van der Waals surface area contributed by atoms with Crippen molar-refractivity contribution in [3.8, 4) is 5.69 Å². The van der Waals surface area contributed by atoms with Crippen LogP contribution >= 0.6 is 0 Å². The van der Waals surface area contributed by atoms with Gasteiger partial charge in [-0.1, -0.05) is 65.4 Å². The number of hydrogen-bond donors (Lipinski definition) is 1. The van der Waals surface area contributed by atoms with E-state index in [9.17, 15) is 9.59 Å². The molecular formula is C27H18N4O2. The smallest absolute Gasteiger partial charge is 0.196 e. The normalized spacial score (nSPS) is 12.5. The van der Waals surface area contributed by atoms with E-state index in [-0.39, 0.29) is 17.1 Å². The molecule has 0 unspecified atom stereocenters. The molecule has 4 aromatic carbocycles. The van der Waals surface area contributed by atoms with Crippen molar-refractivity contribution < 1.29 is 9.59 Å². The number of hydrogen-bond acceptors (Lipinski definition) is 5. The van der Waals surface area contributed by atoms with Crippen molar-refractivity contribution in [2.24, 2.45) is 0 Å². The lowest BCUT2D eigenvalue weighted by molar-refractivity contribution is 0.0981. The lowest BCUT2D eigenvalue weighted by Gasteiger charge is -2.21. The number of para-hydroxylation sites is 1. The highest BCUT2D eigenvalue weighted by atomic mass is 16.1. The average Bonchev–Trinajstić information content (AvgIpc) is 3.27. The van der Waals surface area contributed by atoms with Crippen LogP contribution in [0.3, 0.4) is 0 Å². The van der Waals surface area contributed by atoms with Crippen LogP contribution in [0.25, 0.3) is 16.7 Å². The lowest BCUT2D eigenvalue weighted by Crippen LogP contribution is -2.22. The van der Waals surface area contributed by atoms with Crippen LogP contribution in [0.4, 0.5) is 11.4 Å². The van der Waals surface area contributed by atoms with Gasteiger partial charge in [-0.25, -0.2) is 4.68 Å². The summed E-state index contributed by atoms with van der Waals surface area (Å²) in [5, 5.41) is 12.0. The molecule has 0 saturated carbocycles. The van der Waals surface area contributed by atoms with Crippen LogP contribution in [0.1, 0.15) is 37.4 Å². The van der Waals surface area contributed by atoms with E-state index in [0.717, 1.165) is 16.9 Å². The Morgan fingerprint density at radius 1 is 0.758 bits per heavy atom. The summed E-state index contributed by atoms with van der Waals surface area (Å²) in [6.45, 7) is 2.01. The average molecular weight is 430 g/mol. The molecule has 0 amide bonds. The molecule has 1 aromatic heterocycles. The van der Waals surface area contributed by atoms with E-state index in [0.29, 0.717) is 33.4 Å². The van der Waals surface area contributed by atoms with Crippen molar-refractivity contribution in [3.05, 3.63) is 113 Å². The van der Waals surface area contributed by atoms with Gasteiger partial charge in [-0.05, 0) is 37.3 Å². The van der Waals surface area contributed by atoms with Gasteiger partial charge in [-0.15, -0.1) is 5.10 Å². The number of benzene rings is 4. The monoisotopic (exact) mass is 430 g/mol. The van der Waals surface area contributed by atoms with Gasteiger partial charge in [-0.2, -0.15) is 0 Å². The minimum absolute atomic E-state index is 0.203. The largest absolute Gasteiger partial charge is 0.355 e. The van der Waals surface area contributed by atoms with Crippen molar-refractivity contribution in [1.82, 2.24) is 15.0 Å². The molecule has 1 aliphatic rings. The van der Waals surface area contributed by atoms with E-state index in [4.69, 9.17) is 0 Å². The fourth-order valence-electron chi connectivity index (χ4n) is 4.31. The quantitative estimate of drug-likeness (QED) is 0.415. The van der Waals surface area contributed by atoms with Gasteiger partial charge in [0.25, 0.3) is 0 Å². The molecule has 6 nitrogen and oxygen atoms in total. The summed E-state index contributed by atoms with van der Waals surface area (Å²) in [6.07, 6.45) is 0. The molecule has 0 aliphatic heterocycles. The zero-order valence-corrected chi connectivity index (χ0v) is 17.7. The SMILES string of the molecule is Cc1ccc(Nc2cc3c(nnn3-c3ccccc3)c3c2C(=O)c2ccccc2C3=O)cc1. The molecule has 1 aliphatic carbocycles. The fraction of sp³-hybridized carbons (Fsp3) is 0.0370. The molecule has 33 heavy (non-hydrogen) atoms. The summed E-state index contributed by atoms with van der Waals surface area (Å²) < 4.78 is 1.69. The standard InChI is InChI=1S/C27H18N4O2/c1-16-11-13-17(14-12-16)28-21-15-22-25(29-30-31(22)18-7-3-2-4-8-18)24-23(21)26(32)19-9-5-6-10-20(19)27(24)33/h2-15,28H,1H3. The minimum atomic E-state index is -0.224. The molecule has 0 atom stereocenters. The molecule has 5 aromatic rings. The summed E-state index contributed by atoms with van der Waals surface area (Å²) in [6, 6.07) is 26.2. The Hall–Kier alpha value is -4.58. The van der Waals surface area contributed by atoms with E-state index in [1.54, 1.807) is 28.9 Å². The third-order valence-electron chi connectivity index (χ3n) is 5.94. The van der Waals surface area contributed by atoms with Crippen LogP contribution in [0.15, 0.2) is 84.9 Å². The molecule has 0 radical (unpaired) electrons. The van der Waals surface area contributed by atoms with Crippen molar-refractivity contribution in [1.29, 1.82) is 0 Å². The van der Waals surface area contributed by atoms with Crippen LogP contribution in [-0.4, -0.2) is 26.6 Å². The van der Waals surface area contributed by atoms with Crippen LogP contribution < -0.4 is 5.32 Å². The summed E-state index contributed by atoms with van der Waals surface area (Å²) in [4.78, 5) is 27.2. The highest BCUT2D eigenvalue weighted by Crippen LogP contribution is 2.38. The van der Waals surface area contributed by atoms with Crippen LogP contribution in [0.2, 0.25) is 0 Å². The van der Waals surface area contributed by atoms with Gasteiger partial charge < -0.3 is 5.32 Å². The lowest BCUT2D eigenvalue weighted by atomic mass is 9.82. The molecular weight excluding hydrogens is 412 g/mol. The van der Waals surface area contributed by atoms with Gasteiger partial charge in [0.05, 0.1) is 28.0 Å². The fourth-order valence-corrected chi connectivity index (χ4v) is 4.31. The summed E-state index contributed by atoms with van der Waals surface area (Å²) in [7, 11) is 0. The Balaban J connectivity index is 1.65. The minimum Gasteiger partial charge on any atom is -0.355 e. The Morgan fingerprint density at radius 2 is 1.39 bits per heavy atom. The third-order valence-corrected chi connectivity index (χ3v) is 5.94. The van der Waals surface area contributed by atoms with Gasteiger partial charge in [0.1, 0.15) is 5.52 Å². The second-order valence-electron chi connectivity index (χ2n) is 8.07. The third kappa shape index (κ3) is 2.96. The molecule has 0 saturated heterocycles. The maximum absolute atomic E-state index is 13.6. The Kier molecular flexibility index (Phi) is 4.20. The Bertz CT molecular complexity index is 1570. The first kappa shape index (κ1) is 19.1. The van der Waals surface area contributed by atoms with E-state index in [2.05, 4.69) is 15.6 Å². The number of carbonyl (C=O) groups is 2. The van der Waals surface area contributed by atoms with E-state index in [1.807, 2.05) is 67.6 Å². The molecule has 0 bridgehead atoms. The summed E-state index contributed by atoms with van der Waals surface area (Å²) in [5.74, 6) is -0.427. The maximum atomic E-state index is 13.6. The van der Waals surface area contributed by atoms with Gasteiger partial charge in [-0.3, -0.25) is 9.59 Å². The van der Waals surface area contributed by atoms with Crippen molar-refractivity contribution >= 4 is 34.0 Å². The number of anilines is 2. The molecule has 1 heterocycles. The van der Waals surface area contributed by atoms with Crippen LogP contribution in [0, 0.1) is 6.92 Å². The zero-order chi connectivity index (χ0) is 22.5. The van der Waals surface area contributed by atoms with E-state index < -0.39 is 0 Å².